The first kappa shape index (κ1) is 12.5. The molecule has 1 amide bonds. The van der Waals surface area contributed by atoms with Crippen molar-refractivity contribution in [2.75, 3.05) is 6.54 Å². The summed E-state index contributed by atoms with van der Waals surface area (Å²) in [7, 11) is 0. The minimum atomic E-state index is 0.205. The first-order valence-corrected chi connectivity index (χ1v) is 7.76. The quantitative estimate of drug-likeness (QED) is 0.756. The van der Waals surface area contributed by atoms with Crippen molar-refractivity contribution in [3.05, 3.63) is 0 Å². The third-order valence-electron chi connectivity index (χ3n) is 5.58. The van der Waals surface area contributed by atoms with Crippen LogP contribution in [-0.4, -0.2) is 18.5 Å². The molecular formula is C15H26N2O. The van der Waals surface area contributed by atoms with Crippen molar-refractivity contribution in [2.45, 2.75) is 51.5 Å². The Balaban J connectivity index is 1.51. The van der Waals surface area contributed by atoms with Gasteiger partial charge in [0.05, 0.1) is 0 Å². The van der Waals surface area contributed by atoms with Crippen LogP contribution in [0.2, 0.25) is 0 Å². The third-order valence-corrected chi connectivity index (χ3v) is 5.58. The van der Waals surface area contributed by atoms with Crippen LogP contribution in [0.25, 0.3) is 0 Å². The van der Waals surface area contributed by atoms with Gasteiger partial charge in [0.25, 0.3) is 0 Å². The lowest BCUT2D eigenvalue weighted by molar-refractivity contribution is -0.124. The Hall–Kier alpha value is -0.570. The number of hydrogen-bond donors (Lipinski definition) is 2. The van der Waals surface area contributed by atoms with Gasteiger partial charge < -0.3 is 11.1 Å². The fourth-order valence-electron chi connectivity index (χ4n) is 4.67. The molecule has 0 spiro atoms. The van der Waals surface area contributed by atoms with E-state index in [4.69, 9.17) is 5.73 Å². The predicted octanol–water partition coefficient (Wildman–Crippen LogP) is 1.91. The van der Waals surface area contributed by atoms with Gasteiger partial charge in [-0.05, 0) is 49.4 Å². The number of fused-ring (bicyclic) bond motifs is 5. The number of amides is 1. The molecule has 0 heterocycles. The maximum absolute atomic E-state index is 12.3. The molecule has 5 atom stereocenters. The number of rotatable bonds is 6. The van der Waals surface area contributed by atoms with Gasteiger partial charge in [0.1, 0.15) is 0 Å². The number of carbonyl (C=O) groups excluding carboxylic acids is 1. The first-order valence-electron chi connectivity index (χ1n) is 7.76. The summed E-state index contributed by atoms with van der Waals surface area (Å²) in [4.78, 5) is 12.3. The molecule has 0 radical (unpaired) electrons. The molecule has 0 aromatic heterocycles. The van der Waals surface area contributed by atoms with Gasteiger partial charge in [0.2, 0.25) is 5.91 Å². The van der Waals surface area contributed by atoms with E-state index in [0.717, 1.165) is 36.5 Å². The molecule has 0 aromatic rings. The van der Waals surface area contributed by atoms with Crippen molar-refractivity contribution >= 4 is 5.91 Å². The Labute approximate surface area is 110 Å². The highest BCUT2D eigenvalue weighted by Crippen LogP contribution is 2.69. The van der Waals surface area contributed by atoms with Crippen LogP contribution in [0.15, 0.2) is 0 Å². The molecule has 3 aliphatic carbocycles. The zero-order valence-electron chi connectivity index (χ0n) is 11.4. The molecule has 0 aromatic carbocycles. The summed E-state index contributed by atoms with van der Waals surface area (Å²) >= 11 is 0. The topological polar surface area (TPSA) is 55.1 Å². The van der Waals surface area contributed by atoms with Gasteiger partial charge in [0.15, 0.2) is 0 Å². The van der Waals surface area contributed by atoms with E-state index in [1.165, 1.54) is 25.7 Å². The number of nitrogens with one attached hydrogen (secondary N) is 1. The Morgan fingerprint density at radius 3 is 2.56 bits per heavy atom. The van der Waals surface area contributed by atoms with Crippen molar-refractivity contribution in [1.29, 1.82) is 0 Å². The molecule has 3 heteroatoms. The van der Waals surface area contributed by atoms with Gasteiger partial charge >= 0.3 is 0 Å². The van der Waals surface area contributed by atoms with Gasteiger partial charge in [-0.15, -0.1) is 0 Å². The predicted molar refractivity (Wildman–Crippen MR) is 71.8 cm³/mol. The van der Waals surface area contributed by atoms with E-state index in [1.54, 1.807) is 0 Å². The molecule has 18 heavy (non-hydrogen) atoms. The van der Waals surface area contributed by atoms with Crippen LogP contribution in [0.3, 0.4) is 0 Å². The fourth-order valence-corrected chi connectivity index (χ4v) is 4.67. The maximum Gasteiger partial charge on any atom is 0.223 e. The molecule has 102 valence electrons. The van der Waals surface area contributed by atoms with Gasteiger partial charge in [-0.1, -0.05) is 19.8 Å². The Kier molecular flexibility index (Phi) is 3.35. The maximum atomic E-state index is 12.3. The summed E-state index contributed by atoms with van der Waals surface area (Å²) < 4.78 is 0. The highest BCUT2D eigenvalue weighted by molar-refractivity contribution is 5.83. The minimum Gasteiger partial charge on any atom is -0.352 e. The molecule has 3 saturated carbocycles. The summed E-state index contributed by atoms with van der Waals surface area (Å²) in [6, 6.07) is 0.205. The van der Waals surface area contributed by atoms with Crippen molar-refractivity contribution in [1.82, 2.24) is 5.32 Å². The molecular weight excluding hydrogens is 224 g/mol. The summed E-state index contributed by atoms with van der Waals surface area (Å²) in [5.74, 6) is 3.91. The Bertz CT molecular complexity index is 314. The third kappa shape index (κ3) is 1.97. The van der Waals surface area contributed by atoms with E-state index in [1.807, 2.05) is 0 Å². The van der Waals surface area contributed by atoms with Crippen molar-refractivity contribution < 1.29 is 4.79 Å². The van der Waals surface area contributed by atoms with Crippen LogP contribution >= 0.6 is 0 Å². The van der Waals surface area contributed by atoms with E-state index in [9.17, 15) is 4.79 Å². The lowest BCUT2D eigenvalue weighted by atomic mass is 10.0. The minimum absolute atomic E-state index is 0.205. The van der Waals surface area contributed by atoms with Crippen LogP contribution < -0.4 is 11.1 Å². The zero-order chi connectivity index (χ0) is 12.7. The van der Waals surface area contributed by atoms with Crippen LogP contribution in [0.4, 0.5) is 0 Å². The molecule has 3 N–H and O–H groups in total. The van der Waals surface area contributed by atoms with E-state index < -0.39 is 0 Å². The number of nitrogens with two attached hydrogens (primary N) is 1. The van der Waals surface area contributed by atoms with Crippen molar-refractivity contribution in [3.8, 4) is 0 Å². The Morgan fingerprint density at radius 1 is 1.33 bits per heavy atom. The number of hydrogen-bond acceptors (Lipinski definition) is 2. The molecule has 0 aliphatic heterocycles. The lowest BCUT2D eigenvalue weighted by Gasteiger charge is -2.17. The molecule has 2 bridgehead atoms. The van der Waals surface area contributed by atoms with Crippen LogP contribution in [-0.2, 0) is 4.79 Å². The van der Waals surface area contributed by atoms with E-state index in [2.05, 4.69) is 12.2 Å². The van der Waals surface area contributed by atoms with Gasteiger partial charge in [-0.3, -0.25) is 4.79 Å². The molecule has 3 fully saturated rings. The average molecular weight is 250 g/mol. The smallest absolute Gasteiger partial charge is 0.223 e. The Morgan fingerprint density at radius 2 is 2.00 bits per heavy atom. The highest BCUT2D eigenvalue weighted by atomic mass is 16.2. The second kappa shape index (κ2) is 4.84. The number of unbranched alkanes of at least 4 members (excludes halogenated alkanes) is 1. The molecule has 5 unspecified atom stereocenters. The van der Waals surface area contributed by atoms with Crippen LogP contribution in [0, 0.1) is 29.6 Å². The molecule has 0 saturated heterocycles. The van der Waals surface area contributed by atoms with E-state index >= 15 is 0 Å². The van der Waals surface area contributed by atoms with Crippen LogP contribution in [0.5, 0.6) is 0 Å². The molecule has 3 rings (SSSR count). The number of carbonyl (C=O) groups is 1. The molecule has 3 aliphatic rings. The normalized spacial score (nSPS) is 41.6. The first-order chi connectivity index (χ1) is 8.76. The summed E-state index contributed by atoms with van der Waals surface area (Å²) in [6.07, 6.45) is 7.54. The second-order valence-corrected chi connectivity index (χ2v) is 6.60. The van der Waals surface area contributed by atoms with Gasteiger partial charge in [-0.2, -0.15) is 0 Å². The zero-order valence-corrected chi connectivity index (χ0v) is 11.4. The largest absolute Gasteiger partial charge is 0.352 e. The fraction of sp³-hybridized carbons (Fsp3) is 0.933. The summed E-state index contributed by atoms with van der Waals surface area (Å²) in [5.41, 5.74) is 5.75. The van der Waals surface area contributed by atoms with E-state index in [0.29, 0.717) is 18.4 Å². The lowest BCUT2D eigenvalue weighted by Crippen LogP contribution is -2.41. The standard InChI is InChI=1S/C15H26N2O/c1-2-3-4-11(8-16)17-15(18)14-12-9-5-6-10(7-9)13(12)14/h9-14H,2-8,16H2,1H3,(H,17,18). The summed E-state index contributed by atoms with van der Waals surface area (Å²) in [5, 5.41) is 3.20. The van der Waals surface area contributed by atoms with Gasteiger partial charge in [-0.25, -0.2) is 0 Å². The van der Waals surface area contributed by atoms with Gasteiger partial charge in [0, 0.05) is 18.5 Å². The average Bonchev–Trinajstić information content (AvgIpc) is 2.83. The van der Waals surface area contributed by atoms with E-state index in [-0.39, 0.29) is 6.04 Å². The van der Waals surface area contributed by atoms with Crippen molar-refractivity contribution in [3.63, 3.8) is 0 Å². The molecule has 3 nitrogen and oxygen atoms in total. The summed E-state index contributed by atoms with van der Waals surface area (Å²) in [6.45, 7) is 2.76. The SMILES string of the molecule is CCCCC(CN)NC(=O)C1C2C3CCC(C3)C12. The van der Waals surface area contributed by atoms with Crippen LogP contribution in [0.1, 0.15) is 45.4 Å². The highest BCUT2D eigenvalue weighted by Gasteiger charge is 2.67. The second-order valence-electron chi connectivity index (χ2n) is 6.60. The monoisotopic (exact) mass is 250 g/mol. The van der Waals surface area contributed by atoms with Crippen molar-refractivity contribution in [2.24, 2.45) is 35.3 Å².